The molecule has 0 unspecified atom stereocenters. The number of carbonyl (C=O) groups excluding carboxylic acids is 1. The maximum absolute atomic E-state index is 11.8. The zero-order valence-electron chi connectivity index (χ0n) is 14.0. The van der Waals surface area contributed by atoms with Crippen LogP contribution in [0.5, 0.6) is 5.75 Å². The first-order valence-electron chi connectivity index (χ1n) is 7.97. The molecule has 3 N–H and O–H groups in total. The van der Waals surface area contributed by atoms with Crippen molar-refractivity contribution < 1.29 is 9.53 Å². The Bertz CT molecular complexity index is 876. The van der Waals surface area contributed by atoms with Crippen LogP contribution in [0.1, 0.15) is 16.8 Å². The third-order valence-electron chi connectivity index (χ3n) is 3.44. The molecular formula is C19H18N4O2S. The van der Waals surface area contributed by atoms with Crippen molar-refractivity contribution in [1.29, 1.82) is 0 Å². The third-order valence-corrected chi connectivity index (χ3v) is 4.17. The van der Waals surface area contributed by atoms with Crippen LogP contribution in [0, 0.1) is 0 Å². The number of carbonyl (C=O) groups is 1. The van der Waals surface area contributed by atoms with Crippen molar-refractivity contribution in [2.75, 3.05) is 5.73 Å². The largest absolute Gasteiger partial charge is 0.489 e. The van der Waals surface area contributed by atoms with Gasteiger partial charge in [-0.1, -0.05) is 30.3 Å². The zero-order chi connectivity index (χ0) is 18.2. The highest BCUT2D eigenvalue weighted by atomic mass is 32.1. The molecule has 1 heterocycles. The fourth-order valence-corrected chi connectivity index (χ4v) is 2.74. The van der Waals surface area contributed by atoms with Gasteiger partial charge in [0.2, 0.25) is 5.91 Å². The van der Waals surface area contributed by atoms with E-state index in [4.69, 9.17) is 10.5 Å². The molecule has 0 radical (unpaired) electrons. The van der Waals surface area contributed by atoms with Crippen molar-refractivity contribution in [3.63, 3.8) is 0 Å². The number of amides is 1. The molecule has 0 spiro atoms. The normalized spacial score (nSPS) is 10.8. The molecule has 0 atom stereocenters. The average molecular weight is 366 g/mol. The second-order valence-electron chi connectivity index (χ2n) is 5.49. The van der Waals surface area contributed by atoms with Gasteiger partial charge in [-0.3, -0.25) is 4.79 Å². The van der Waals surface area contributed by atoms with Crippen molar-refractivity contribution >= 4 is 28.6 Å². The zero-order valence-corrected chi connectivity index (χ0v) is 14.8. The summed E-state index contributed by atoms with van der Waals surface area (Å²) in [5.41, 5.74) is 10.6. The summed E-state index contributed by atoms with van der Waals surface area (Å²) in [5.74, 6) is 0.533. The van der Waals surface area contributed by atoms with Crippen LogP contribution in [0.2, 0.25) is 0 Å². The standard InChI is InChI=1S/C19H18N4O2S/c20-19-22-16(13-26-19)10-18(24)23-21-11-14-6-8-17(9-7-14)25-12-15-4-2-1-3-5-15/h1-9,11,13H,10,12H2,(H2,20,22)(H,23,24)/b21-11+. The second kappa shape index (κ2) is 8.77. The van der Waals surface area contributed by atoms with Gasteiger partial charge >= 0.3 is 0 Å². The quantitative estimate of drug-likeness (QED) is 0.497. The molecule has 0 aliphatic carbocycles. The number of nitrogens with two attached hydrogens (primary N) is 1. The molecular weight excluding hydrogens is 348 g/mol. The summed E-state index contributed by atoms with van der Waals surface area (Å²) in [6.45, 7) is 0.519. The van der Waals surface area contributed by atoms with Gasteiger partial charge in [0.05, 0.1) is 18.3 Å². The number of nitrogens with zero attached hydrogens (tertiary/aromatic N) is 2. The molecule has 0 saturated carbocycles. The van der Waals surface area contributed by atoms with Crippen LogP contribution in [0.25, 0.3) is 0 Å². The molecule has 3 rings (SSSR count). The van der Waals surface area contributed by atoms with Crippen LogP contribution in [-0.4, -0.2) is 17.1 Å². The first kappa shape index (κ1) is 17.6. The number of hydrogen-bond acceptors (Lipinski definition) is 6. The van der Waals surface area contributed by atoms with Crippen LogP contribution < -0.4 is 15.9 Å². The number of anilines is 1. The SMILES string of the molecule is Nc1nc(CC(=O)N/N=C/c2ccc(OCc3ccccc3)cc2)cs1. The number of aromatic nitrogens is 1. The Morgan fingerprint density at radius 1 is 1.19 bits per heavy atom. The summed E-state index contributed by atoms with van der Waals surface area (Å²) < 4.78 is 5.73. The summed E-state index contributed by atoms with van der Waals surface area (Å²) in [4.78, 5) is 15.8. The van der Waals surface area contributed by atoms with E-state index in [-0.39, 0.29) is 12.3 Å². The van der Waals surface area contributed by atoms with Crippen molar-refractivity contribution in [3.05, 3.63) is 76.8 Å². The predicted molar refractivity (Wildman–Crippen MR) is 103 cm³/mol. The van der Waals surface area contributed by atoms with Crippen LogP contribution in [0.3, 0.4) is 0 Å². The van der Waals surface area contributed by atoms with Gasteiger partial charge in [0.15, 0.2) is 5.13 Å². The van der Waals surface area contributed by atoms with Gasteiger partial charge in [-0.25, -0.2) is 10.4 Å². The minimum absolute atomic E-state index is 0.150. The number of ether oxygens (including phenoxy) is 1. The molecule has 26 heavy (non-hydrogen) atoms. The van der Waals surface area contributed by atoms with Crippen molar-refractivity contribution in [1.82, 2.24) is 10.4 Å². The summed E-state index contributed by atoms with van der Waals surface area (Å²) in [6, 6.07) is 17.4. The smallest absolute Gasteiger partial charge is 0.246 e. The van der Waals surface area contributed by atoms with Gasteiger partial charge in [-0.2, -0.15) is 5.10 Å². The van der Waals surface area contributed by atoms with Crippen LogP contribution in [0.15, 0.2) is 65.1 Å². The molecule has 2 aromatic carbocycles. The van der Waals surface area contributed by atoms with E-state index in [2.05, 4.69) is 15.5 Å². The molecule has 3 aromatic rings. The van der Waals surface area contributed by atoms with E-state index >= 15 is 0 Å². The van der Waals surface area contributed by atoms with Crippen LogP contribution >= 0.6 is 11.3 Å². The van der Waals surface area contributed by atoms with Gasteiger partial charge in [0.25, 0.3) is 0 Å². The van der Waals surface area contributed by atoms with Gasteiger partial charge in [-0.15, -0.1) is 11.3 Å². The first-order valence-corrected chi connectivity index (χ1v) is 8.85. The number of hydrazone groups is 1. The minimum atomic E-state index is -0.241. The van der Waals surface area contributed by atoms with Crippen LogP contribution in [-0.2, 0) is 17.8 Å². The van der Waals surface area contributed by atoms with E-state index in [1.54, 1.807) is 11.6 Å². The lowest BCUT2D eigenvalue weighted by molar-refractivity contribution is -0.120. The summed E-state index contributed by atoms with van der Waals surface area (Å²) in [6.07, 6.45) is 1.73. The van der Waals surface area contributed by atoms with Gasteiger partial charge < -0.3 is 10.5 Å². The summed E-state index contributed by atoms with van der Waals surface area (Å²) in [5, 5.41) is 6.15. The highest BCUT2D eigenvalue weighted by Crippen LogP contribution is 2.13. The molecule has 0 fully saturated rings. The summed E-state index contributed by atoms with van der Waals surface area (Å²) >= 11 is 1.31. The lowest BCUT2D eigenvalue weighted by Crippen LogP contribution is -2.19. The van der Waals surface area contributed by atoms with E-state index in [0.29, 0.717) is 17.4 Å². The lowest BCUT2D eigenvalue weighted by atomic mass is 10.2. The Kier molecular flexibility index (Phi) is 5.95. The van der Waals surface area contributed by atoms with E-state index < -0.39 is 0 Å². The molecule has 6 nitrogen and oxygen atoms in total. The monoisotopic (exact) mass is 366 g/mol. The Morgan fingerprint density at radius 2 is 1.96 bits per heavy atom. The van der Waals surface area contributed by atoms with Gasteiger partial charge in [0, 0.05) is 5.38 Å². The highest BCUT2D eigenvalue weighted by Gasteiger charge is 2.05. The van der Waals surface area contributed by atoms with E-state index in [1.807, 2.05) is 54.6 Å². The first-order chi connectivity index (χ1) is 12.7. The fourth-order valence-electron chi connectivity index (χ4n) is 2.18. The molecule has 132 valence electrons. The Balaban J connectivity index is 1.46. The number of rotatable bonds is 7. The molecule has 0 aliphatic heterocycles. The second-order valence-corrected chi connectivity index (χ2v) is 6.38. The van der Waals surface area contributed by atoms with Gasteiger partial charge in [-0.05, 0) is 35.4 Å². The number of benzene rings is 2. The fraction of sp³-hybridized carbons (Fsp3) is 0.105. The minimum Gasteiger partial charge on any atom is -0.489 e. The Morgan fingerprint density at radius 3 is 2.65 bits per heavy atom. The Labute approximate surface area is 155 Å². The molecule has 0 bridgehead atoms. The van der Waals surface area contributed by atoms with E-state index in [0.717, 1.165) is 16.9 Å². The average Bonchev–Trinajstić information content (AvgIpc) is 3.06. The maximum atomic E-state index is 11.8. The summed E-state index contributed by atoms with van der Waals surface area (Å²) in [7, 11) is 0. The molecule has 1 amide bonds. The van der Waals surface area contributed by atoms with E-state index in [1.165, 1.54) is 11.3 Å². The lowest BCUT2D eigenvalue weighted by Gasteiger charge is -2.06. The van der Waals surface area contributed by atoms with Crippen LogP contribution in [0.4, 0.5) is 5.13 Å². The number of hydrogen-bond donors (Lipinski definition) is 2. The third kappa shape index (κ3) is 5.42. The topological polar surface area (TPSA) is 89.6 Å². The number of nitrogens with one attached hydrogen (secondary N) is 1. The van der Waals surface area contributed by atoms with Gasteiger partial charge in [0.1, 0.15) is 12.4 Å². The van der Waals surface area contributed by atoms with E-state index in [9.17, 15) is 4.79 Å². The number of nitrogen functional groups attached to an aromatic ring is 1. The molecule has 7 heteroatoms. The Hall–Kier alpha value is -3.19. The molecule has 0 aliphatic rings. The highest BCUT2D eigenvalue weighted by molar-refractivity contribution is 7.13. The van der Waals surface area contributed by atoms with Crippen molar-refractivity contribution in [2.45, 2.75) is 13.0 Å². The van der Waals surface area contributed by atoms with Crippen molar-refractivity contribution in [2.24, 2.45) is 5.10 Å². The maximum Gasteiger partial charge on any atom is 0.246 e. The number of thiazole rings is 1. The van der Waals surface area contributed by atoms with Crippen molar-refractivity contribution in [3.8, 4) is 5.75 Å². The predicted octanol–water partition coefficient (Wildman–Crippen LogP) is 3.00. The molecule has 1 aromatic heterocycles. The molecule has 0 saturated heterocycles.